The molecule has 21 heavy (non-hydrogen) atoms. The molecule has 0 bridgehead atoms. The predicted octanol–water partition coefficient (Wildman–Crippen LogP) is 1.80. The number of rotatable bonds is 4. The molecule has 5 nitrogen and oxygen atoms in total. The van der Waals surface area contributed by atoms with E-state index in [2.05, 4.69) is 38.1 Å². The summed E-state index contributed by atoms with van der Waals surface area (Å²) in [6, 6.07) is 0.0650. The van der Waals surface area contributed by atoms with Crippen molar-refractivity contribution in [3.05, 3.63) is 17.5 Å². The zero-order chi connectivity index (χ0) is 15.8. The second-order valence-corrected chi connectivity index (χ2v) is 9.28. The summed E-state index contributed by atoms with van der Waals surface area (Å²) in [5.74, 6) is 0.730. The average molecular weight is 313 g/mol. The standard InChI is InChI=1S/C15H27N3O2S/c1-6-16-13(11-7-8-21(19,20)10-11)12-9-18(5)17-14(12)15(2,3)4/h9,11,13,16H,6-8,10H2,1-5H3. The van der Waals surface area contributed by atoms with E-state index in [1.54, 1.807) is 0 Å². The van der Waals surface area contributed by atoms with Crippen molar-refractivity contribution in [1.82, 2.24) is 15.1 Å². The molecule has 1 N–H and O–H groups in total. The van der Waals surface area contributed by atoms with Gasteiger partial charge in [-0.25, -0.2) is 8.42 Å². The minimum absolute atomic E-state index is 0.0538. The lowest BCUT2D eigenvalue weighted by Crippen LogP contribution is -2.31. The van der Waals surface area contributed by atoms with Crippen molar-refractivity contribution in [2.75, 3.05) is 18.1 Å². The van der Waals surface area contributed by atoms with Crippen LogP contribution in [0.5, 0.6) is 0 Å². The molecular weight excluding hydrogens is 286 g/mol. The Bertz CT molecular complexity index is 599. The van der Waals surface area contributed by atoms with Crippen molar-refractivity contribution in [2.45, 2.75) is 45.6 Å². The molecule has 1 saturated heterocycles. The molecule has 0 aliphatic carbocycles. The molecule has 0 aromatic carbocycles. The van der Waals surface area contributed by atoms with Gasteiger partial charge in [0.15, 0.2) is 9.84 Å². The highest BCUT2D eigenvalue weighted by Crippen LogP contribution is 2.36. The Morgan fingerprint density at radius 2 is 2.14 bits per heavy atom. The van der Waals surface area contributed by atoms with E-state index in [0.717, 1.165) is 24.2 Å². The summed E-state index contributed by atoms with van der Waals surface area (Å²) < 4.78 is 25.5. The summed E-state index contributed by atoms with van der Waals surface area (Å²) in [5, 5.41) is 8.11. The summed E-state index contributed by atoms with van der Waals surface area (Å²) in [4.78, 5) is 0. The molecule has 0 spiro atoms. The highest BCUT2D eigenvalue weighted by atomic mass is 32.2. The van der Waals surface area contributed by atoms with Gasteiger partial charge in [0, 0.05) is 30.3 Å². The summed E-state index contributed by atoms with van der Waals surface area (Å²) in [5.41, 5.74) is 2.15. The van der Waals surface area contributed by atoms with Crippen LogP contribution in [0.4, 0.5) is 0 Å². The molecule has 120 valence electrons. The van der Waals surface area contributed by atoms with Crippen LogP contribution in [0.25, 0.3) is 0 Å². The molecule has 2 rings (SSSR count). The first kappa shape index (κ1) is 16.5. The number of hydrogen-bond donors (Lipinski definition) is 1. The van der Waals surface area contributed by atoms with Gasteiger partial charge in [0.2, 0.25) is 0 Å². The molecule has 1 aliphatic heterocycles. The molecule has 0 saturated carbocycles. The Hall–Kier alpha value is -0.880. The minimum Gasteiger partial charge on any atom is -0.310 e. The van der Waals surface area contributed by atoms with E-state index in [1.807, 2.05) is 17.9 Å². The maximum absolute atomic E-state index is 11.8. The fourth-order valence-corrected chi connectivity index (χ4v) is 4.99. The van der Waals surface area contributed by atoms with Crippen molar-refractivity contribution in [2.24, 2.45) is 13.0 Å². The van der Waals surface area contributed by atoms with Crippen LogP contribution in [0.15, 0.2) is 6.20 Å². The number of sulfone groups is 1. The number of aromatic nitrogens is 2. The van der Waals surface area contributed by atoms with Crippen LogP contribution in [-0.2, 0) is 22.3 Å². The quantitative estimate of drug-likeness (QED) is 0.920. The number of nitrogens with zero attached hydrogens (tertiary/aromatic N) is 2. The first-order valence-corrected chi connectivity index (χ1v) is 9.44. The van der Waals surface area contributed by atoms with E-state index < -0.39 is 9.84 Å². The monoisotopic (exact) mass is 313 g/mol. The zero-order valence-corrected chi connectivity index (χ0v) is 14.5. The van der Waals surface area contributed by atoms with E-state index in [4.69, 9.17) is 0 Å². The van der Waals surface area contributed by atoms with Crippen LogP contribution >= 0.6 is 0 Å². The SMILES string of the molecule is CCNC(c1cn(C)nc1C(C)(C)C)C1CCS(=O)(=O)C1. The molecule has 1 aliphatic rings. The van der Waals surface area contributed by atoms with E-state index in [9.17, 15) is 8.42 Å². The van der Waals surface area contributed by atoms with E-state index in [1.165, 1.54) is 0 Å². The second-order valence-electron chi connectivity index (χ2n) is 7.06. The maximum atomic E-state index is 11.8. The predicted molar refractivity (Wildman–Crippen MR) is 85.1 cm³/mol. The number of aryl methyl sites for hydroxylation is 1. The molecule has 2 unspecified atom stereocenters. The molecule has 0 radical (unpaired) electrons. The summed E-state index contributed by atoms with van der Waals surface area (Å²) in [7, 11) is -0.952. The Balaban J connectivity index is 2.40. The Kier molecular flexibility index (Phi) is 4.49. The lowest BCUT2D eigenvalue weighted by Gasteiger charge is -2.27. The third-order valence-corrected chi connectivity index (χ3v) is 5.86. The maximum Gasteiger partial charge on any atom is 0.150 e. The fraction of sp³-hybridized carbons (Fsp3) is 0.800. The Morgan fingerprint density at radius 3 is 2.62 bits per heavy atom. The van der Waals surface area contributed by atoms with E-state index in [0.29, 0.717) is 5.75 Å². The van der Waals surface area contributed by atoms with Crippen molar-refractivity contribution >= 4 is 9.84 Å². The number of hydrogen-bond acceptors (Lipinski definition) is 4. The van der Waals surface area contributed by atoms with Crippen LogP contribution in [-0.4, -0.2) is 36.2 Å². The fourth-order valence-electron chi connectivity index (χ4n) is 3.15. The van der Waals surface area contributed by atoms with E-state index in [-0.39, 0.29) is 23.1 Å². The summed E-state index contributed by atoms with van der Waals surface area (Å²) in [6.45, 7) is 9.32. The van der Waals surface area contributed by atoms with Crippen molar-refractivity contribution in [3.63, 3.8) is 0 Å². The van der Waals surface area contributed by atoms with Crippen LogP contribution in [0.3, 0.4) is 0 Å². The second kappa shape index (κ2) is 5.72. The van der Waals surface area contributed by atoms with Gasteiger partial charge >= 0.3 is 0 Å². The first-order chi connectivity index (χ1) is 9.64. The van der Waals surface area contributed by atoms with Gasteiger partial charge in [-0.2, -0.15) is 5.10 Å². The topological polar surface area (TPSA) is 64.0 Å². The highest BCUT2D eigenvalue weighted by molar-refractivity contribution is 7.91. The average Bonchev–Trinajstić information content (AvgIpc) is 2.88. The smallest absolute Gasteiger partial charge is 0.150 e. The van der Waals surface area contributed by atoms with Gasteiger partial charge in [0.25, 0.3) is 0 Å². The third kappa shape index (κ3) is 3.66. The molecule has 2 heterocycles. The van der Waals surface area contributed by atoms with Gasteiger partial charge in [-0.3, -0.25) is 4.68 Å². The minimum atomic E-state index is -2.88. The third-order valence-electron chi connectivity index (χ3n) is 4.07. The molecule has 1 fully saturated rings. The number of nitrogens with one attached hydrogen (secondary N) is 1. The molecule has 0 amide bonds. The summed E-state index contributed by atoms with van der Waals surface area (Å²) in [6.07, 6.45) is 2.78. The van der Waals surface area contributed by atoms with Gasteiger partial charge in [-0.05, 0) is 18.9 Å². The van der Waals surface area contributed by atoms with Crippen LogP contribution < -0.4 is 5.32 Å². The van der Waals surface area contributed by atoms with Gasteiger partial charge in [0.1, 0.15) is 0 Å². The van der Waals surface area contributed by atoms with Gasteiger partial charge in [-0.1, -0.05) is 27.7 Å². The van der Waals surface area contributed by atoms with Crippen LogP contribution in [0.1, 0.15) is 51.4 Å². The normalized spacial score (nSPS) is 23.4. The van der Waals surface area contributed by atoms with Gasteiger partial charge in [0.05, 0.1) is 17.2 Å². The lowest BCUT2D eigenvalue weighted by atomic mass is 9.84. The van der Waals surface area contributed by atoms with E-state index >= 15 is 0 Å². The summed E-state index contributed by atoms with van der Waals surface area (Å²) >= 11 is 0. The Morgan fingerprint density at radius 1 is 1.48 bits per heavy atom. The van der Waals surface area contributed by atoms with Crippen LogP contribution in [0.2, 0.25) is 0 Å². The van der Waals surface area contributed by atoms with Crippen molar-refractivity contribution < 1.29 is 8.42 Å². The largest absolute Gasteiger partial charge is 0.310 e. The highest BCUT2D eigenvalue weighted by Gasteiger charge is 2.37. The van der Waals surface area contributed by atoms with Gasteiger partial charge < -0.3 is 5.32 Å². The molecule has 6 heteroatoms. The van der Waals surface area contributed by atoms with Crippen molar-refractivity contribution in [1.29, 1.82) is 0 Å². The lowest BCUT2D eigenvalue weighted by molar-refractivity contribution is 0.392. The zero-order valence-electron chi connectivity index (χ0n) is 13.7. The molecule has 1 aromatic heterocycles. The van der Waals surface area contributed by atoms with Crippen molar-refractivity contribution in [3.8, 4) is 0 Å². The molecule has 1 aromatic rings. The first-order valence-electron chi connectivity index (χ1n) is 7.62. The molecular formula is C15H27N3O2S. The van der Waals surface area contributed by atoms with Gasteiger partial charge in [-0.15, -0.1) is 0 Å². The Labute approximate surface area is 128 Å². The molecule has 2 atom stereocenters. The van der Waals surface area contributed by atoms with Crippen LogP contribution in [0, 0.1) is 5.92 Å².